The average Bonchev–Trinajstić information content (AvgIpc) is 2.38. The molecule has 0 unspecified atom stereocenters. The van der Waals surface area contributed by atoms with Gasteiger partial charge < -0.3 is 20.1 Å². The van der Waals surface area contributed by atoms with Crippen LogP contribution in [0.1, 0.15) is 25.0 Å². The molecule has 118 valence electrons. The molecule has 0 saturated carbocycles. The quantitative estimate of drug-likeness (QED) is 0.843. The second-order valence-electron chi connectivity index (χ2n) is 5.95. The third kappa shape index (κ3) is 6.04. The van der Waals surface area contributed by atoms with E-state index in [0.717, 1.165) is 23.3 Å². The SMILES string of the molecule is COc1cc(CCNC(=O)N(C)CC(C)(C)O)ccc1C. The molecule has 5 heteroatoms. The van der Waals surface area contributed by atoms with E-state index in [4.69, 9.17) is 4.74 Å². The number of rotatable bonds is 6. The van der Waals surface area contributed by atoms with E-state index < -0.39 is 5.60 Å². The zero-order chi connectivity index (χ0) is 16.0. The van der Waals surface area contributed by atoms with Crippen LogP contribution >= 0.6 is 0 Å². The van der Waals surface area contributed by atoms with E-state index in [-0.39, 0.29) is 12.6 Å². The molecule has 0 heterocycles. The van der Waals surface area contributed by atoms with Gasteiger partial charge in [0.2, 0.25) is 0 Å². The van der Waals surface area contributed by atoms with E-state index in [1.807, 2.05) is 25.1 Å². The van der Waals surface area contributed by atoms with Gasteiger partial charge in [-0.15, -0.1) is 0 Å². The summed E-state index contributed by atoms with van der Waals surface area (Å²) in [6.45, 7) is 6.18. The van der Waals surface area contributed by atoms with Gasteiger partial charge in [0.05, 0.1) is 19.3 Å². The first-order chi connectivity index (χ1) is 9.73. The normalized spacial score (nSPS) is 11.1. The summed E-state index contributed by atoms with van der Waals surface area (Å²) in [4.78, 5) is 13.3. The van der Waals surface area contributed by atoms with Gasteiger partial charge in [-0.05, 0) is 44.4 Å². The van der Waals surface area contributed by atoms with Gasteiger partial charge in [-0.25, -0.2) is 4.79 Å². The first-order valence-corrected chi connectivity index (χ1v) is 7.08. The van der Waals surface area contributed by atoms with Gasteiger partial charge in [-0.2, -0.15) is 0 Å². The van der Waals surface area contributed by atoms with Crippen molar-refractivity contribution in [2.24, 2.45) is 0 Å². The molecule has 0 aliphatic carbocycles. The third-order valence-electron chi connectivity index (χ3n) is 3.13. The standard InChI is InChI=1S/C16H26N2O3/c1-12-6-7-13(10-14(12)21-5)8-9-17-15(19)18(4)11-16(2,3)20/h6-7,10,20H,8-9,11H2,1-5H3,(H,17,19). The minimum Gasteiger partial charge on any atom is -0.496 e. The summed E-state index contributed by atoms with van der Waals surface area (Å²) in [6, 6.07) is 5.85. The fraction of sp³-hybridized carbons (Fsp3) is 0.562. The van der Waals surface area contributed by atoms with Crippen molar-refractivity contribution in [2.45, 2.75) is 32.8 Å². The topological polar surface area (TPSA) is 61.8 Å². The second kappa shape index (κ2) is 7.31. The summed E-state index contributed by atoms with van der Waals surface area (Å²) in [5.74, 6) is 0.859. The molecule has 21 heavy (non-hydrogen) atoms. The van der Waals surface area contributed by atoms with Gasteiger partial charge in [0.1, 0.15) is 5.75 Å². The number of likely N-dealkylation sites (N-methyl/N-ethyl adjacent to an activating group) is 1. The van der Waals surface area contributed by atoms with Crippen molar-refractivity contribution in [3.8, 4) is 5.75 Å². The number of ether oxygens (including phenoxy) is 1. The predicted molar refractivity (Wildman–Crippen MR) is 83.8 cm³/mol. The van der Waals surface area contributed by atoms with Crippen molar-refractivity contribution in [3.63, 3.8) is 0 Å². The maximum atomic E-state index is 11.9. The number of aliphatic hydroxyl groups is 1. The van der Waals surface area contributed by atoms with Crippen molar-refractivity contribution in [1.29, 1.82) is 0 Å². The molecule has 1 aromatic carbocycles. The van der Waals surface area contributed by atoms with Crippen molar-refractivity contribution in [3.05, 3.63) is 29.3 Å². The number of carbonyl (C=O) groups is 1. The Balaban J connectivity index is 2.44. The van der Waals surface area contributed by atoms with Crippen LogP contribution in [0.2, 0.25) is 0 Å². The lowest BCUT2D eigenvalue weighted by Gasteiger charge is -2.25. The third-order valence-corrected chi connectivity index (χ3v) is 3.13. The number of aryl methyl sites for hydroxylation is 1. The molecule has 1 aromatic rings. The molecular formula is C16H26N2O3. The van der Waals surface area contributed by atoms with E-state index in [9.17, 15) is 9.90 Å². The first kappa shape index (κ1) is 17.3. The minimum atomic E-state index is -0.892. The summed E-state index contributed by atoms with van der Waals surface area (Å²) < 4.78 is 5.28. The Hall–Kier alpha value is -1.75. The average molecular weight is 294 g/mol. The monoisotopic (exact) mass is 294 g/mol. The maximum Gasteiger partial charge on any atom is 0.317 e. The summed E-state index contributed by atoms with van der Waals surface area (Å²) >= 11 is 0. The van der Waals surface area contributed by atoms with Crippen LogP contribution in [0.4, 0.5) is 4.79 Å². The zero-order valence-electron chi connectivity index (χ0n) is 13.6. The number of carbonyl (C=O) groups excluding carboxylic acids is 1. The van der Waals surface area contributed by atoms with Gasteiger partial charge >= 0.3 is 6.03 Å². The molecule has 0 radical (unpaired) electrons. The van der Waals surface area contributed by atoms with E-state index >= 15 is 0 Å². The van der Waals surface area contributed by atoms with Crippen molar-refractivity contribution < 1.29 is 14.6 Å². The number of benzene rings is 1. The van der Waals surface area contributed by atoms with Gasteiger partial charge in [-0.1, -0.05) is 12.1 Å². The van der Waals surface area contributed by atoms with Gasteiger partial charge in [-0.3, -0.25) is 0 Å². The molecule has 0 fully saturated rings. The molecule has 0 bridgehead atoms. The Morgan fingerprint density at radius 3 is 2.67 bits per heavy atom. The van der Waals surface area contributed by atoms with Crippen LogP contribution in [-0.2, 0) is 6.42 Å². The van der Waals surface area contributed by atoms with E-state index in [1.54, 1.807) is 28.0 Å². The van der Waals surface area contributed by atoms with Crippen LogP contribution in [0.5, 0.6) is 5.75 Å². The molecule has 0 atom stereocenters. The summed E-state index contributed by atoms with van der Waals surface area (Å²) in [7, 11) is 3.32. The Bertz CT molecular complexity index is 481. The molecule has 0 aliphatic rings. The van der Waals surface area contributed by atoms with Gasteiger partial charge in [0, 0.05) is 13.6 Å². The minimum absolute atomic E-state index is 0.184. The molecule has 2 N–H and O–H groups in total. The highest BCUT2D eigenvalue weighted by Gasteiger charge is 2.18. The lowest BCUT2D eigenvalue weighted by Crippen LogP contribution is -2.45. The number of hydrogen-bond acceptors (Lipinski definition) is 3. The Labute approximate surface area is 126 Å². The van der Waals surface area contributed by atoms with Crippen molar-refractivity contribution in [2.75, 3.05) is 27.2 Å². The van der Waals surface area contributed by atoms with Crippen molar-refractivity contribution in [1.82, 2.24) is 10.2 Å². The molecule has 5 nitrogen and oxygen atoms in total. The van der Waals surface area contributed by atoms with Crippen LogP contribution in [-0.4, -0.2) is 48.9 Å². The number of hydrogen-bond donors (Lipinski definition) is 2. The van der Waals surface area contributed by atoms with Crippen LogP contribution in [0.3, 0.4) is 0 Å². The second-order valence-corrected chi connectivity index (χ2v) is 5.95. The molecule has 0 spiro atoms. The fourth-order valence-corrected chi connectivity index (χ4v) is 2.12. The zero-order valence-corrected chi connectivity index (χ0v) is 13.6. The highest BCUT2D eigenvalue weighted by molar-refractivity contribution is 5.73. The van der Waals surface area contributed by atoms with Crippen LogP contribution in [0.25, 0.3) is 0 Å². The fourth-order valence-electron chi connectivity index (χ4n) is 2.12. The highest BCUT2D eigenvalue weighted by atomic mass is 16.5. The van der Waals surface area contributed by atoms with Crippen LogP contribution in [0, 0.1) is 6.92 Å². The molecule has 2 amide bonds. The number of methoxy groups -OCH3 is 1. The lowest BCUT2D eigenvalue weighted by atomic mass is 10.1. The lowest BCUT2D eigenvalue weighted by molar-refractivity contribution is 0.0532. The molecule has 1 rings (SSSR count). The smallest absolute Gasteiger partial charge is 0.317 e. The first-order valence-electron chi connectivity index (χ1n) is 7.08. The number of nitrogens with zero attached hydrogens (tertiary/aromatic N) is 1. The van der Waals surface area contributed by atoms with E-state index in [1.165, 1.54) is 4.90 Å². The van der Waals surface area contributed by atoms with Crippen LogP contribution in [0.15, 0.2) is 18.2 Å². The number of nitrogens with one attached hydrogen (secondary N) is 1. The maximum absolute atomic E-state index is 11.9. The predicted octanol–water partition coefficient (Wildman–Crippen LogP) is 1.96. The molecular weight excluding hydrogens is 268 g/mol. The van der Waals surface area contributed by atoms with Gasteiger partial charge in [0.25, 0.3) is 0 Å². The van der Waals surface area contributed by atoms with Crippen LogP contribution < -0.4 is 10.1 Å². The largest absolute Gasteiger partial charge is 0.496 e. The molecule has 0 aliphatic heterocycles. The molecule has 0 aromatic heterocycles. The number of urea groups is 1. The summed E-state index contributed by atoms with van der Waals surface area (Å²) in [5.41, 5.74) is 1.31. The number of amides is 2. The summed E-state index contributed by atoms with van der Waals surface area (Å²) in [5, 5.41) is 12.5. The Morgan fingerprint density at radius 1 is 1.43 bits per heavy atom. The Morgan fingerprint density at radius 2 is 2.10 bits per heavy atom. The Kier molecular flexibility index (Phi) is 6.03. The van der Waals surface area contributed by atoms with Crippen molar-refractivity contribution >= 4 is 6.03 Å². The van der Waals surface area contributed by atoms with Gasteiger partial charge in [0.15, 0.2) is 0 Å². The molecule has 0 saturated heterocycles. The van der Waals surface area contributed by atoms with E-state index in [0.29, 0.717) is 6.54 Å². The summed E-state index contributed by atoms with van der Waals surface area (Å²) in [6.07, 6.45) is 0.735. The highest BCUT2D eigenvalue weighted by Crippen LogP contribution is 2.19. The van der Waals surface area contributed by atoms with E-state index in [2.05, 4.69) is 5.32 Å².